The molecule has 0 aliphatic carbocycles. The molecule has 10 rings (SSSR count). The first-order chi connectivity index (χ1) is 39.8. The minimum absolute atomic E-state index is 0.0435. The van der Waals surface area contributed by atoms with Gasteiger partial charge in [0.2, 0.25) is 0 Å². The number of H-pyrrole nitrogens is 2. The van der Waals surface area contributed by atoms with E-state index in [1.807, 2.05) is 158 Å². The number of aryl methyl sites for hydroxylation is 2. The number of ether oxygens (including phenoxy) is 8. The molecule has 0 bridgehead atoms. The van der Waals surface area contributed by atoms with Crippen molar-refractivity contribution >= 4 is 8.69 Å². The Hall–Kier alpha value is -8.00. The summed E-state index contributed by atoms with van der Waals surface area (Å²) in [5.74, 6) is 2.46. The lowest BCUT2D eigenvalue weighted by Crippen LogP contribution is -2.41. The maximum atomic E-state index is 17.2. The van der Waals surface area contributed by atoms with E-state index in [9.17, 15) is 19.2 Å². The number of hydrogen-bond donors (Lipinski definition) is 2. The molecule has 0 radical (unpaired) electrons. The third-order valence-corrected chi connectivity index (χ3v) is 15.8. The Morgan fingerprint density at radius 1 is 0.500 bits per heavy atom. The molecule has 426 valence electrons. The molecule has 2 saturated heterocycles. The molecular formula is C62H62FN4O14P. The molecule has 6 aromatic carbocycles. The monoisotopic (exact) mass is 1140 g/mol. The second kappa shape index (κ2) is 25.0. The highest BCUT2D eigenvalue weighted by atomic mass is 31.2. The summed E-state index contributed by atoms with van der Waals surface area (Å²) in [5, 5.41) is 0. The van der Waals surface area contributed by atoms with Gasteiger partial charge in [0.05, 0.1) is 53.9 Å². The molecule has 1 unspecified atom stereocenters. The van der Waals surface area contributed by atoms with E-state index < -0.39 is 85.9 Å². The number of methoxy groups -OCH3 is 4. The Bertz CT molecular complexity index is 3580. The van der Waals surface area contributed by atoms with Gasteiger partial charge >= 0.3 is 20.1 Å². The van der Waals surface area contributed by atoms with Crippen molar-refractivity contribution in [3.8, 4) is 23.0 Å². The van der Waals surface area contributed by atoms with Gasteiger partial charge in [-0.05, 0) is 95.8 Å². The van der Waals surface area contributed by atoms with Crippen LogP contribution in [0.4, 0.5) is 4.20 Å². The van der Waals surface area contributed by atoms with E-state index in [0.717, 1.165) is 22.3 Å². The normalized spacial score (nSPS) is 19.4. The zero-order valence-corrected chi connectivity index (χ0v) is 46.8. The molecular weight excluding hydrogens is 1070 g/mol. The fourth-order valence-electron chi connectivity index (χ4n) is 10.7. The third-order valence-electron chi connectivity index (χ3n) is 15.0. The minimum Gasteiger partial charge on any atom is -0.497 e. The van der Waals surface area contributed by atoms with Gasteiger partial charge in [-0.15, -0.1) is 0 Å². The van der Waals surface area contributed by atoms with Crippen LogP contribution < -0.4 is 41.4 Å². The molecule has 8 aromatic rings. The zero-order chi connectivity index (χ0) is 57.5. The first-order valence-corrected chi connectivity index (χ1v) is 27.5. The number of nitrogens with zero attached hydrogens (tertiary/aromatic N) is 2. The first-order valence-electron chi connectivity index (χ1n) is 26.5. The molecule has 7 atom stereocenters. The molecule has 0 saturated carbocycles. The number of rotatable bonds is 22. The Morgan fingerprint density at radius 2 is 0.854 bits per heavy atom. The smallest absolute Gasteiger partial charge is 0.375 e. The van der Waals surface area contributed by atoms with E-state index in [1.54, 1.807) is 42.3 Å². The summed E-state index contributed by atoms with van der Waals surface area (Å²) >= 11 is 0. The van der Waals surface area contributed by atoms with Crippen molar-refractivity contribution in [2.45, 2.75) is 74.8 Å². The summed E-state index contributed by atoms with van der Waals surface area (Å²) in [7, 11) is 3.03. The molecule has 2 aromatic heterocycles. The number of benzene rings is 6. The Labute approximate surface area is 472 Å². The Kier molecular flexibility index (Phi) is 17.5. The number of halogens is 1. The van der Waals surface area contributed by atoms with Crippen LogP contribution in [-0.2, 0) is 39.2 Å². The lowest BCUT2D eigenvalue weighted by Gasteiger charge is -2.39. The van der Waals surface area contributed by atoms with Crippen LogP contribution in [-0.4, -0.2) is 85.2 Å². The highest BCUT2D eigenvalue weighted by Gasteiger charge is 2.48. The van der Waals surface area contributed by atoms with Gasteiger partial charge in [-0.2, -0.15) is 4.20 Å². The lowest BCUT2D eigenvalue weighted by molar-refractivity contribution is -0.100. The highest BCUT2D eigenvalue weighted by molar-refractivity contribution is 7.41. The van der Waals surface area contributed by atoms with Gasteiger partial charge in [-0.3, -0.25) is 28.7 Å². The lowest BCUT2D eigenvalue weighted by atomic mass is 9.79. The molecule has 2 aliphatic heterocycles. The van der Waals surface area contributed by atoms with E-state index in [0.29, 0.717) is 34.1 Å². The van der Waals surface area contributed by atoms with Crippen molar-refractivity contribution < 1.29 is 51.1 Å². The largest absolute Gasteiger partial charge is 0.497 e. The summed E-state index contributed by atoms with van der Waals surface area (Å²) in [6, 6.07) is 49.0. The average molecular weight is 1140 g/mol. The molecule has 2 fully saturated rings. The van der Waals surface area contributed by atoms with Crippen molar-refractivity contribution in [2.24, 2.45) is 0 Å². The van der Waals surface area contributed by atoms with E-state index in [-0.39, 0.29) is 30.6 Å². The molecule has 18 nitrogen and oxygen atoms in total. The molecule has 82 heavy (non-hydrogen) atoms. The Balaban J connectivity index is 0.996. The van der Waals surface area contributed by atoms with E-state index >= 15 is 4.20 Å². The quantitative estimate of drug-likeness (QED) is 0.0480. The van der Waals surface area contributed by atoms with Gasteiger partial charge in [-0.1, -0.05) is 109 Å². The molecule has 2 N–H and O–H groups in total. The van der Waals surface area contributed by atoms with Crippen LogP contribution in [0.1, 0.15) is 69.8 Å². The predicted octanol–water partition coefficient (Wildman–Crippen LogP) is 9.30. The van der Waals surface area contributed by atoms with E-state index in [1.165, 1.54) is 21.5 Å². The van der Waals surface area contributed by atoms with Crippen molar-refractivity contribution in [3.05, 3.63) is 256 Å². The Morgan fingerprint density at radius 3 is 1.26 bits per heavy atom. The van der Waals surface area contributed by atoms with E-state index in [4.69, 9.17) is 46.9 Å². The van der Waals surface area contributed by atoms with Crippen molar-refractivity contribution in [1.29, 1.82) is 0 Å². The van der Waals surface area contributed by atoms with Crippen molar-refractivity contribution in [1.82, 2.24) is 19.1 Å². The minimum atomic E-state index is -3.29. The van der Waals surface area contributed by atoms with Crippen LogP contribution >= 0.6 is 8.69 Å². The number of nitrogens with one attached hydrogen (secondary N) is 2. The van der Waals surface area contributed by atoms with Crippen LogP contribution in [0.3, 0.4) is 0 Å². The topological polar surface area (TPSA) is 202 Å². The summed E-state index contributed by atoms with van der Waals surface area (Å²) in [5.41, 5.74) is -0.405. The molecule has 2 aliphatic rings. The molecule has 0 amide bonds. The average Bonchev–Trinajstić information content (AvgIpc) is 4.18. The third kappa shape index (κ3) is 11.7. The van der Waals surface area contributed by atoms with E-state index in [2.05, 4.69) is 9.97 Å². The fourth-order valence-corrected chi connectivity index (χ4v) is 11.4. The maximum absolute atomic E-state index is 17.2. The summed E-state index contributed by atoms with van der Waals surface area (Å²) in [4.78, 5) is 56.9. The van der Waals surface area contributed by atoms with Gasteiger partial charge in [0.1, 0.15) is 58.9 Å². The molecule has 0 spiro atoms. The highest BCUT2D eigenvalue weighted by Crippen LogP contribution is 2.50. The molecule has 4 heterocycles. The zero-order valence-electron chi connectivity index (χ0n) is 45.9. The predicted molar refractivity (Wildman–Crippen MR) is 303 cm³/mol. The summed E-state index contributed by atoms with van der Waals surface area (Å²) in [6.07, 6.45) is -3.44. The number of aromatic amines is 2. The van der Waals surface area contributed by atoms with Gasteiger partial charge in [0.25, 0.3) is 11.1 Å². The van der Waals surface area contributed by atoms with Crippen LogP contribution in [0.15, 0.2) is 189 Å². The number of hydrogen-bond acceptors (Lipinski definition) is 14. The van der Waals surface area contributed by atoms with Gasteiger partial charge in [0.15, 0.2) is 0 Å². The van der Waals surface area contributed by atoms with Crippen molar-refractivity contribution in [2.75, 3.05) is 41.7 Å². The number of aromatic nitrogens is 4. The SMILES string of the molecule is COc1ccc(C(OC[C@H]2O[C@@H](n3cc(C)c(=O)[nH]c3=O)C[C@@H]2OP(F)OC[C@H]2O[C@@H](n3cc(C)c(=O)[nH]c3=O)C[C@@H]2OC(c2ccccc2)(c2ccc(OC)cc2)c2ccc(OC)cc2)(c2ccccc2)c2ccc(OC)cc2)cc1. The first kappa shape index (κ1) is 57.2. The summed E-state index contributed by atoms with van der Waals surface area (Å²) in [6.45, 7) is 2.47. The fraction of sp³-hybridized carbons (Fsp3) is 0.290. The molecule has 20 heteroatoms. The van der Waals surface area contributed by atoms with Crippen LogP contribution in [0.2, 0.25) is 0 Å². The van der Waals surface area contributed by atoms with Gasteiger partial charge < -0.3 is 46.9 Å². The summed E-state index contributed by atoms with van der Waals surface area (Å²) < 4.78 is 82.2. The van der Waals surface area contributed by atoms with Crippen LogP contribution in [0.5, 0.6) is 23.0 Å². The second-order valence-electron chi connectivity index (χ2n) is 19.8. The van der Waals surface area contributed by atoms with Gasteiger partial charge in [-0.25, -0.2) is 9.59 Å². The second-order valence-corrected chi connectivity index (χ2v) is 20.7. The van der Waals surface area contributed by atoms with Crippen LogP contribution in [0.25, 0.3) is 0 Å². The van der Waals surface area contributed by atoms with Crippen LogP contribution in [0, 0.1) is 13.8 Å². The van der Waals surface area contributed by atoms with Gasteiger partial charge in [0, 0.05) is 36.4 Å². The standard InChI is InChI=1S/C62H62FN4O14P/c1-39-35-66(59(70)64-57(39)68)55-33-51(80-62(42-15-11-8-12-16-42,45-21-29-49(74-5)30-22-45)46-23-31-50(75-6)32-24-46)54(79-55)38-77-82(63)81-52-34-56(67-36-40(2)58(69)65-60(67)71)78-53(52)37-76-61(41-13-9-7-10-14-41,43-17-25-47(72-3)26-18-43)44-19-27-48(73-4)28-20-44/h7-32,35-36,51-56H,33-34,37-38H2,1-6H3,(H,64,68,70)(H,65,69,71)/t51-,52-,53+,54+,55+,56+,82?/m0/s1. The maximum Gasteiger partial charge on any atom is 0.375 e. The van der Waals surface area contributed by atoms with Crippen molar-refractivity contribution in [3.63, 3.8) is 0 Å².